The van der Waals surface area contributed by atoms with E-state index in [2.05, 4.69) is 22.0 Å². The molecular weight excluding hydrogens is 248 g/mol. The standard InChI is InChI=1S/C12H18N4OS/c1-9-7-16(4-5-18-9)8-10-2-3-14-11(6-10)12(13)15-17/h2-3,6,9,17H,4-5,7-8H2,1H3,(H2,13,15). The molecule has 3 N–H and O–H groups in total. The molecule has 0 saturated carbocycles. The van der Waals surface area contributed by atoms with Crippen LogP contribution in [0, 0.1) is 0 Å². The minimum absolute atomic E-state index is 0.0550. The Labute approximate surface area is 111 Å². The zero-order chi connectivity index (χ0) is 13.0. The van der Waals surface area contributed by atoms with Gasteiger partial charge in [-0.2, -0.15) is 11.8 Å². The van der Waals surface area contributed by atoms with Gasteiger partial charge in [-0.05, 0) is 17.7 Å². The first kappa shape index (κ1) is 13.2. The van der Waals surface area contributed by atoms with Gasteiger partial charge in [0.05, 0.1) is 0 Å². The smallest absolute Gasteiger partial charge is 0.188 e. The third-order valence-electron chi connectivity index (χ3n) is 2.93. The highest BCUT2D eigenvalue weighted by molar-refractivity contribution is 7.99. The van der Waals surface area contributed by atoms with E-state index in [0.717, 1.165) is 25.2 Å². The van der Waals surface area contributed by atoms with Crippen molar-refractivity contribution in [1.82, 2.24) is 9.88 Å². The molecule has 1 saturated heterocycles. The van der Waals surface area contributed by atoms with Gasteiger partial charge in [0, 0.05) is 36.8 Å². The number of oxime groups is 1. The summed E-state index contributed by atoms with van der Waals surface area (Å²) in [5, 5.41) is 12.3. The van der Waals surface area contributed by atoms with E-state index in [-0.39, 0.29) is 5.84 Å². The molecule has 1 aromatic rings. The molecule has 0 aliphatic carbocycles. The molecule has 98 valence electrons. The molecule has 2 rings (SSSR count). The fourth-order valence-corrected chi connectivity index (χ4v) is 3.14. The predicted octanol–water partition coefficient (Wildman–Crippen LogP) is 1.11. The Morgan fingerprint density at radius 2 is 2.56 bits per heavy atom. The molecule has 0 aromatic carbocycles. The van der Waals surface area contributed by atoms with Crippen molar-refractivity contribution in [3.05, 3.63) is 29.6 Å². The van der Waals surface area contributed by atoms with Crippen molar-refractivity contribution in [1.29, 1.82) is 0 Å². The summed E-state index contributed by atoms with van der Waals surface area (Å²) in [6.45, 7) is 5.35. The lowest BCUT2D eigenvalue weighted by Gasteiger charge is -2.30. The molecule has 1 atom stereocenters. The van der Waals surface area contributed by atoms with Gasteiger partial charge in [0.2, 0.25) is 0 Å². The summed E-state index contributed by atoms with van der Waals surface area (Å²) in [5.74, 6) is 1.23. The largest absolute Gasteiger partial charge is 0.409 e. The molecule has 1 aliphatic heterocycles. The summed E-state index contributed by atoms with van der Waals surface area (Å²) >= 11 is 2.02. The van der Waals surface area contributed by atoms with Crippen molar-refractivity contribution < 1.29 is 5.21 Å². The number of aromatic nitrogens is 1. The van der Waals surface area contributed by atoms with E-state index in [1.165, 1.54) is 5.75 Å². The average molecular weight is 266 g/mol. The van der Waals surface area contributed by atoms with Crippen LogP contribution in [0.3, 0.4) is 0 Å². The summed E-state index contributed by atoms with van der Waals surface area (Å²) < 4.78 is 0. The zero-order valence-electron chi connectivity index (χ0n) is 10.4. The molecule has 18 heavy (non-hydrogen) atoms. The lowest BCUT2D eigenvalue weighted by Crippen LogP contribution is -2.36. The molecule has 0 bridgehead atoms. The van der Waals surface area contributed by atoms with Gasteiger partial charge >= 0.3 is 0 Å². The summed E-state index contributed by atoms with van der Waals surface area (Å²) in [4.78, 5) is 6.50. The maximum atomic E-state index is 8.65. The Morgan fingerprint density at radius 1 is 1.72 bits per heavy atom. The first-order valence-corrected chi connectivity index (χ1v) is 7.00. The van der Waals surface area contributed by atoms with Crippen LogP contribution in [0.25, 0.3) is 0 Å². The van der Waals surface area contributed by atoms with Gasteiger partial charge < -0.3 is 10.9 Å². The fourth-order valence-electron chi connectivity index (χ4n) is 2.06. The number of nitrogens with zero attached hydrogens (tertiary/aromatic N) is 3. The van der Waals surface area contributed by atoms with Gasteiger partial charge in [-0.25, -0.2) is 0 Å². The van der Waals surface area contributed by atoms with E-state index in [1.54, 1.807) is 6.20 Å². The van der Waals surface area contributed by atoms with Crippen LogP contribution >= 0.6 is 11.8 Å². The molecule has 6 heteroatoms. The number of hydrogen-bond donors (Lipinski definition) is 2. The maximum absolute atomic E-state index is 8.65. The Balaban J connectivity index is 2.05. The van der Waals surface area contributed by atoms with Crippen molar-refractivity contribution in [2.24, 2.45) is 10.9 Å². The summed E-state index contributed by atoms with van der Waals surface area (Å²) in [5.41, 5.74) is 7.21. The Kier molecular flexibility index (Phi) is 4.43. The van der Waals surface area contributed by atoms with Crippen LogP contribution in [-0.2, 0) is 6.54 Å². The Hall–Kier alpha value is -1.27. The van der Waals surface area contributed by atoms with Crippen LogP contribution in [0.1, 0.15) is 18.2 Å². The first-order valence-electron chi connectivity index (χ1n) is 5.96. The minimum atomic E-state index is 0.0550. The van der Waals surface area contributed by atoms with Gasteiger partial charge in [0.25, 0.3) is 0 Å². The lowest BCUT2D eigenvalue weighted by atomic mass is 10.2. The number of rotatable bonds is 3. The maximum Gasteiger partial charge on any atom is 0.188 e. The molecule has 1 unspecified atom stereocenters. The highest BCUT2D eigenvalue weighted by atomic mass is 32.2. The Morgan fingerprint density at radius 3 is 3.28 bits per heavy atom. The van der Waals surface area contributed by atoms with Crippen LogP contribution in [0.5, 0.6) is 0 Å². The lowest BCUT2D eigenvalue weighted by molar-refractivity contribution is 0.278. The van der Waals surface area contributed by atoms with Crippen LogP contribution in [0.4, 0.5) is 0 Å². The molecule has 5 nitrogen and oxygen atoms in total. The van der Waals surface area contributed by atoms with Crippen molar-refractivity contribution in [3.8, 4) is 0 Å². The molecule has 1 aliphatic rings. The van der Waals surface area contributed by atoms with Gasteiger partial charge in [0.15, 0.2) is 5.84 Å². The first-order chi connectivity index (χ1) is 8.69. The van der Waals surface area contributed by atoms with Gasteiger partial charge in [-0.1, -0.05) is 12.1 Å². The van der Waals surface area contributed by atoms with Gasteiger partial charge in [0.1, 0.15) is 5.69 Å². The summed E-state index contributed by atoms with van der Waals surface area (Å²) in [6, 6.07) is 3.85. The molecule has 0 amide bonds. The minimum Gasteiger partial charge on any atom is -0.409 e. The number of amidine groups is 1. The number of nitrogens with two attached hydrogens (primary N) is 1. The second kappa shape index (κ2) is 6.06. The summed E-state index contributed by atoms with van der Waals surface area (Å²) in [6.07, 6.45) is 1.70. The quantitative estimate of drug-likeness (QED) is 0.371. The molecule has 0 radical (unpaired) electrons. The molecule has 0 spiro atoms. The van der Waals surface area contributed by atoms with Crippen molar-refractivity contribution in [3.63, 3.8) is 0 Å². The van der Waals surface area contributed by atoms with Crippen LogP contribution in [0.2, 0.25) is 0 Å². The highest BCUT2D eigenvalue weighted by Gasteiger charge is 2.16. The second-order valence-electron chi connectivity index (χ2n) is 4.45. The van der Waals surface area contributed by atoms with Gasteiger partial charge in [-0.15, -0.1) is 0 Å². The van der Waals surface area contributed by atoms with Crippen LogP contribution in [-0.4, -0.2) is 45.0 Å². The fraction of sp³-hybridized carbons (Fsp3) is 0.500. The monoisotopic (exact) mass is 266 g/mol. The van der Waals surface area contributed by atoms with E-state index >= 15 is 0 Å². The number of thioether (sulfide) groups is 1. The number of hydrogen-bond acceptors (Lipinski definition) is 5. The van der Waals surface area contributed by atoms with E-state index in [4.69, 9.17) is 10.9 Å². The zero-order valence-corrected chi connectivity index (χ0v) is 11.2. The normalized spacial score (nSPS) is 22.1. The SMILES string of the molecule is CC1CN(Cc2ccnc(/C(N)=N/O)c2)CCS1. The number of pyridine rings is 1. The molecule has 1 aromatic heterocycles. The molecule has 1 fully saturated rings. The summed E-state index contributed by atoms with van der Waals surface area (Å²) in [7, 11) is 0. The highest BCUT2D eigenvalue weighted by Crippen LogP contribution is 2.19. The second-order valence-corrected chi connectivity index (χ2v) is 6.00. The van der Waals surface area contributed by atoms with Crippen LogP contribution < -0.4 is 5.73 Å². The van der Waals surface area contributed by atoms with E-state index in [0.29, 0.717) is 10.9 Å². The van der Waals surface area contributed by atoms with Crippen molar-refractivity contribution in [2.75, 3.05) is 18.8 Å². The van der Waals surface area contributed by atoms with E-state index in [1.807, 2.05) is 23.9 Å². The van der Waals surface area contributed by atoms with Crippen molar-refractivity contribution >= 4 is 17.6 Å². The predicted molar refractivity (Wildman–Crippen MR) is 73.9 cm³/mol. The topological polar surface area (TPSA) is 74.7 Å². The Bertz CT molecular complexity index is 438. The van der Waals surface area contributed by atoms with Crippen LogP contribution in [0.15, 0.2) is 23.5 Å². The third kappa shape index (κ3) is 3.36. The molecule has 2 heterocycles. The van der Waals surface area contributed by atoms with E-state index < -0.39 is 0 Å². The van der Waals surface area contributed by atoms with E-state index in [9.17, 15) is 0 Å². The third-order valence-corrected chi connectivity index (χ3v) is 4.06. The van der Waals surface area contributed by atoms with Gasteiger partial charge in [-0.3, -0.25) is 9.88 Å². The van der Waals surface area contributed by atoms with Crippen molar-refractivity contribution in [2.45, 2.75) is 18.7 Å². The average Bonchev–Trinajstić information content (AvgIpc) is 2.38. The molecular formula is C12H18N4OS.